The second kappa shape index (κ2) is 6.50. The van der Waals surface area contributed by atoms with Gasteiger partial charge in [0.15, 0.2) is 0 Å². The molecule has 1 atom stereocenters. The first-order chi connectivity index (χ1) is 9.52. The predicted molar refractivity (Wildman–Crippen MR) is 90.9 cm³/mol. The van der Waals surface area contributed by atoms with Gasteiger partial charge in [0.1, 0.15) is 4.88 Å². The van der Waals surface area contributed by atoms with Crippen molar-refractivity contribution in [3.05, 3.63) is 28.6 Å². The van der Waals surface area contributed by atoms with Crippen molar-refractivity contribution in [2.75, 3.05) is 18.5 Å². The van der Waals surface area contributed by atoms with Crippen LogP contribution in [0.15, 0.2) is 18.2 Å². The quantitative estimate of drug-likeness (QED) is 0.886. The summed E-state index contributed by atoms with van der Waals surface area (Å²) in [5.41, 5.74) is 7.87. The zero-order valence-corrected chi connectivity index (χ0v) is 13.7. The second-order valence-corrected chi connectivity index (χ2v) is 7.26. The summed E-state index contributed by atoms with van der Waals surface area (Å²) in [5.74, 6) is -0.0605. The maximum atomic E-state index is 12.2. The molecular weight excluding hydrogens is 288 g/mol. The Labute approximate surface area is 127 Å². The van der Waals surface area contributed by atoms with E-state index >= 15 is 0 Å². The SMILES string of the molecule is CSC(C)CCNC(=O)c1sc2ccc(C)cc2c1N. The van der Waals surface area contributed by atoms with E-state index in [0.717, 1.165) is 22.1 Å². The number of nitrogens with one attached hydrogen (secondary N) is 1. The van der Waals surface area contributed by atoms with Crippen LogP contribution in [0.5, 0.6) is 0 Å². The Morgan fingerprint density at radius 3 is 2.95 bits per heavy atom. The molecule has 0 radical (unpaired) electrons. The van der Waals surface area contributed by atoms with Crippen LogP contribution in [-0.2, 0) is 0 Å². The zero-order valence-electron chi connectivity index (χ0n) is 12.0. The third-order valence-electron chi connectivity index (χ3n) is 3.33. The standard InChI is InChI=1S/C15H20N2OS2/c1-9-4-5-12-11(8-9)13(16)14(20-12)15(18)17-7-6-10(2)19-3/h4-5,8,10H,6-7,16H2,1-3H3,(H,17,18). The van der Waals surface area contributed by atoms with E-state index in [0.29, 0.717) is 22.4 Å². The van der Waals surface area contributed by atoms with Crippen molar-refractivity contribution in [2.45, 2.75) is 25.5 Å². The molecule has 5 heteroatoms. The molecule has 0 aliphatic carbocycles. The number of benzene rings is 1. The molecule has 2 rings (SSSR count). The molecule has 0 saturated heterocycles. The Balaban J connectivity index is 2.12. The van der Waals surface area contributed by atoms with Crippen molar-refractivity contribution >= 4 is 44.8 Å². The molecule has 1 amide bonds. The highest BCUT2D eigenvalue weighted by atomic mass is 32.2. The van der Waals surface area contributed by atoms with Crippen LogP contribution in [0, 0.1) is 6.92 Å². The topological polar surface area (TPSA) is 55.1 Å². The lowest BCUT2D eigenvalue weighted by molar-refractivity contribution is 0.0958. The zero-order chi connectivity index (χ0) is 14.7. The molecule has 0 saturated carbocycles. The van der Waals surface area contributed by atoms with Crippen molar-refractivity contribution in [3.63, 3.8) is 0 Å². The number of thioether (sulfide) groups is 1. The summed E-state index contributed by atoms with van der Waals surface area (Å²) in [6, 6.07) is 6.10. The minimum atomic E-state index is -0.0605. The number of fused-ring (bicyclic) bond motifs is 1. The van der Waals surface area contributed by atoms with Gasteiger partial charge in [-0.15, -0.1) is 11.3 Å². The molecule has 1 unspecified atom stereocenters. The van der Waals surface area contributed by atoms with E-state index in [4.69, 9.17) is 5.73 Å². The summed E-state index contributed by atoms with van der Waals surface area (Å²) in [5, 5.41) is 4.50. The third-order valence-corrected chi connectivity index (χ3v) is 5.55. The number of amides is 1. The van der Waals surface area contributed by atoms with Gasteiger partial charge in [-0.25, -0.2) is 0 Å². The van der Waals surface area contributed by atoms with Crippen molar-refractivity contribution in [3.8, 4) is 0 Å². The molecule has 0 aliphatic rings. The molecule has 3 N–H and O–H groups in total. The van der Waals surface area contributed by atoms with E-state index < -0.39 is 0 Å². The smallest absolute Gasteiger partial charge is 0.263 e. The largest absolute Gasteiger partial charge is 0.397 e. The molecule has 2 aromatic rings. The van der Waals surface area contributed by atoms with E-state index in [1.165, 1.54) is 11.3 Å². The Bertz CT molecular complexity index is 622. The molecular formula is C15H20N2OS2. The number of anilines is 1. The summed E-state index contributed by atoms with van der Waals surface area (Å²) >= 11 is 3.27. The van der Waals surface area contributed by atoms with Crippen molar-refractivity contribution in [2.24, 2.45) is 0 Å². The number of nitrogens with two attached hydrogens (primary N) is 1. The molecule has 108 valence electrons. The highest BCUT2D eigenvalue weighted by Crippen LogP contribution is 2.34. The minimum absolute atomic E-state index is 0.0605. The van der Waals surface area contributed by atoms with E-state index in [2.05, 4.69) is 18.5 Å². The number of thiophene rings is 1. The highest BCUT2D eigenvalue weighted by Gasteiger charge is 2.16. The molecule has 0 aliphatic heterocycles. The average molecular weight is 308 g/mol. The molecule has 1 aromatic carbocycles. The molecule has 0 fully saturated rings. The first-order valence-corrected chi connectivity index (χ1v) is 8.73. The highest BCUT2D eigenvalue weighted by molar-refractivity contribution is 7.99. The predicted octanol–water partition coefficient (Wildman–Crippen LogP) is 3.66. The lowest BCUT2D eigenvalue weighted by atomic mass is 10.1. The molecule has 0 bridgehead atoms. The maximum Gasteiger partial charge on any atom is 0.263 e. The van der Waals surface area contributed by atoms with Gasteiger partial charge >= 0.3 is 0 Å². The van der Waals surface area contributed by atoms with Crippen LogP contribution in [0.1, 0.15) is 28.6 Å². The fourth-order valence-corrected chi connectivity index (χ4v) is 3.36. The molecule has 20 heavy (non-hydrogen) atoms. The average Bonchev–Trinajstić information content (AvgIpc) is 2.75. The van der Waals surface area contributed by atoms with Gasteiger partial charge in [-0.1, -0.05) is 18.6 Å². The number of carbonyl (C=O) groups is 1. The van der Waals surface area contributed by atoms with E-state index in [1.807, 2.05) is 36.9 Å². The first-order valence-electron chi connectivity index (χ1n) is 6.62. The van der Waals surface area contributed by atoms with Gasteiger partial charge in [0, 0.05) is 21.9 Å². The number of hydrogen-bond acceptors (Lipinski definition) is 4. The van der Waals surface area contributed by atoms with Crippen LogP contribution >= 0.6 is 23.1 Å². The molecule has 1 heterocycles. The Kier molecular flexibility index (Phi) is 4.94. The Morgan fingerprint density at radius 1 is 1.50 bits per heavy atom. The lowest BCUT2D eigenvalue weighted by Gasteiger charge is -2.08. The van der Waals surface area contributed by atoms with Crippen molar-refractivity contribution in [1.82, 2.24) is 5.32 Å². The van der Waals surface area contributed by atoms with Gasteiger partial charge in [0.25, 0.3) is 5.91 Å². The molecule has 1 aromatic heterocycles. The van der Waals surface area contributed by atoms with Gasteiger partial charge in [-0.2, -0.15) is 11.8 Å². The van der Waals surface area contributed by atoms with Crippen LogP contribution in [-0.4, -0.2) is 24.0 Å². The number of carbonyl (C=O) groups excluding carboxylic acids is 1. The normalized spacial score (nSPS) is 12.6. The van der Waals surface area contributed by atoms with E-state index in [-0.39, 0.29) is 5.91 Å². The molecule has 3 nitrogen and oxygen atoms in total. The fourth-order valence-electron chi connectivity index (χ4n) is 1.99. The third kappa shape index (κ3) is 3.27. The summed E-state index contributed by atoms with van der Waals surface area (Å²) in [6.45, 7) is 4.88. The number of aryl methyl sites for hydroxylation is 1. The number of nitrogen functional groups attached to an aromatic ring is 1. The monoisotopic (exact) mass is 308 g/mol. The summed E-state index contributed by atoms with van der Waals surface area (Å²) in [4.78, 5) is 12.8. The minimum Gasteiger partial charge on any atom is -0.397 e. The van der Waals surface area contributed by atoms with Crippen molar-refractivity contribution in [1.29, 1.82) is 0 Å². The van der Waals surface area contributed by atoms with Gasteiger partial charge in [0.05, 0.1) is 5.69 Å². The van der Waals surface area contributed by atoms with E-state index in [1.54, 1.807) is 0 Å². The van der Waals surface area contributed by atoms with Gasteiger partial charge in [-0.05, 0) is 31.7 Å². The second-order valence-electron chi connectivity index (χ2n) is 4.94. The lowest BCUT2D eigenvalue weighted by Crippen LogP contribution is -2.25. The first kappa shape index (κ1) is 15.2. The van der Waals surface area contributed by atoms with Gasteiger partial charge < -0.3 is 11.1 Å². The van der Waals surface area contributed by atoms with Gasteiger partial charge in [0.2, 0.25) is 0 Å². The molecule has 0 spiro atoms. The number of rotatable bonds is 5. The Hall–Kier alpha value is -1.20. The van der Waals surface area contributed by atoms with Crippen LogP contribution in [0.4, 0.5) is 5.69 Å². The van der Waals surface area contributed by atoms with Gasteiger partial charge in [-0.3, -0.25) is 4.79 Å². The number of hydrogen-bond donors (Lipinski definition) is 2. The van der Waals surface area contributed by atoms with Crippen LogP contribution in [0.2, 0.25) is 0 Å². The summed E-state index contributed by atoms with van der Waals surface area (Å²) < 4.78 is 1.07. The van der Waals surface area contributed by atoms with Crippen LogP contribution in [0.3, 0.4) is 0 Å². The summed E-state index contributed by atoms with van der Waals surface area (Å²) in [6.07, 6.45) is 3.05. The maximum absolute atomic E-state index is 12.2. The fraction of sp³-hybridized carbons (Fsp3) is 0.400. The van der Waals surface area contributed by atoms with E-state index in [9.17, 15) is 4.79 Å². The Morgan fingerprint density at radius 2 is 2.25 bits per heavy atom. The van der Waals surface area contributed by atoms with Crippen LogP contribution < -0.4 is 11.1 Å². The van der Waals surface area contributed by atoms with Crippen molar-refractivity contribution < 1.29 is 4.79 Å². The van der Waals surface area contributed by atoms with Crippen LogP contribution in [0.25, 0.3) is 10.1 Å². The summed E-state index contributed by atoms with van der Waals surface area (Å²) in [7, 11) is 0.